The number of aromatic hydroxyl groups is 1. The number of hydrogen-bond donors (Lipinski definition) is 2. The Morgan fingerprint density at radius 3 is 1.91 bits per heavy atom. The highest BCUT2D eigenvalue weighted by Crippen LogP contribution is 2.29. The van der Waals surface area contributed by atoms with Crippen LogP contribution in [0.4, 0.5) is 4.79 Å². The molecular weight excluding hydrogens is 576 g/mol. The van der Waals surface area contributed by atoms with Crippen LogP contribution in [0.3, 0.4) is 0 Å². The van der Waals surface area contributed by atoms with E-state index >= 15 is 0 Å². The van der Waals surface area contributed by atoms with Crippen LogP contribution in [0.15, 0.2) is 54.9 Å². The number of carbonyl (C=O) groups excluding carboxylic acids is 2. The van der Waals surface area contributed by atoms with Crippen LogP contribution < -0.4 is 0 Å². The molecule has 1 aliphatic rings. The van der Waals surface area contributed by atoms with Gasteiger partial charge in [0.05, 0.1) is 31.1 Å². The van der Waals surface area contributed by atoms with Crippen molar-refractivity contribution in [2.75, 3.05) is 32.8 Å². The number of carbonyl (C=O) groups is 2. The molecule has 13 nitrogen and oxygen atoms in total. The van der Waals surface area contributed by atoms with Gasteiger partial charge in [-0.05, 0) is 76.9 Å². The molecule has 13 heteroatoms. The molecule has 0 bridgehead atoms. The molecule has 2 aromatic heterocycles. The summed E-state index contributed by atoms with van der Waals surface area (Å²) in [5.74, 6) is 0.0431. The van der Waals surface area contributed by atoms with Gasteiger partial charge < -0.3 is 24.7 Å². The van der Waals surface area contributed by atoms with Crippen molar-refractivity contribution in [1.82, 2.24) is 39.8 Å². The van der Waals surface area contributed by atoms with Crippen LogP contribution in [-0.2, 0) is 11.2 Å². The first-order chi connectivity index (χ1) is 21.4. The van der Waals surface area contributed by atoms with E-state index in [-0.39, 0.29) is 36.4 Å². The van der Waals surface area contributed by atoms with E-state index in [0.29, 0.717) is 60.7 Å². The SMILES string of the molecule is C[C@H](CO)n1cc(-c2cc(C(=O)N3CCN(C(=O)OC(C)(C)C)CC3)cc(-c3cn([C@H](C)Cc4ccc(O)cc4)nn3)c2)nn1. The molecule has 1 saturated heterocycles. The molecule has 0 unspecified atom stereocenters. The van der Waals surface area contributed by atoms with Crippen molar-refractivity contribution in [3.63, 3.8) is 0 Å². The van der Waals surface area contributed by atoms with E-state index in [0.717, 1.165) is 5.56 Å². The Bertz CT molecular complexity index is 1630. The highest BCUT2D eigenvalue weighted by molar-refractivity contribution is 5.97. The Kier molecular flexibility index (Phi) is 9.19. The lowest BCUT2D eigenvalue weighted by atomic mass is 10.0. The molecule has 2 aromatic carbocycles. The summed E-state index contributed by atoms with van der Waals surface area (Å²) in [4.78, 5) is 29.7. The van der Waals surface area contributed by atoms with Gasteiger partial charge in [0.25, 0.3) is 5.91 Å². The first kappa shape index (κ1) is 31.6. The number of phenolic OH excluding ortho intramolecular Hbond substituents is 1. The van der Waals surface area contributed by atoms with Gasteiger partial charge in [-0.3, -0.25) is 4.79 Å². The van der Waals surface area contributed by atoms with Crippen molar-refractivity contribution in [1.29, 1.82) is 0 Å². The van der Waals surface area contributed by atoms with Crippen LogP contribution in [0.5, 0.6) is 5.75 Å². The topological polar surface area (TPSA) is 152 Å². The Morgan fingerprint density at radius 1 is 0.844 bits per heavy atom. The zero-order valence-electron chi connectivity index (χ0n) is 26.3. The lowest BCUT2D eigenvalue weighted by Gasteiger charge is -2.35. The van der Waals surface area contributed by atoms with Gasteiger partial charge in [0, 0.05) is 42.9 Å². The van der Waals surface area contributed by atoms with Crippen LogP contribution in [0.1, 0.15) is 62.6 Å². The minimum absolute atomic E-state index is 0.0128. The standard InChI is InChI=1S/C32H40N8O5/c1-21(14-23-6-8-27(42)9-7-23)39-18-28(33-35-39)24-15-25(29-19-40(36-34-29)22(2)20-41)17-26(16-24)30(43)37-10-12-38(13-11-37)31(44)45-32(3,4)5/h6-9,15-19,21-22,41-42H,10-14,20H2,1-5H3/t21-,22-/m1/s1. The van der Waals surface area contributed by atoms with Gasteiger partial charge in [0.15, 0.2) is 0 Å². The van der Waals surface area contributed by atoms with Crippen molar-refractivity contribution in [2.24, 2.45) is 0 Å². The number of aromatic nitrogens is 6. The second-order valence-corrected chi connectivity index (χ2v) is 12.5. The van der Waals surface area contributed by atoms with Crippen LogP contribution in [0.2, 0.25) is 0 Å². The summed E-state index contributed by atoms with van der Waals surface area (Å²) >= 11 is 0. The molecule has 4 aromatic rings. The molecule has 2 atom stereocenters. The third-order valence-electron chi connectivity index (χ3n) is 7.65. The van der Waals surface area contributed by atoms with Crippen LogP contribution in [0, 0.1) is 0 Å². The van der Waals surface area contributed by atoms with Gasteiger partial charge >= 0.3 is 6.09 Å². The number of aliphatic hydroxyl groups excluding tert-OH is 1. The summed E-state index contributed by atoms with van der Waals surface area (Å²) in [6.07, 6.45) is 3.89. The second kappa shape index (κ2) is 13.1. The van der Waals surface area contributed by atoms with E-state index in [1.54, 1.807) is 49.6 Å². The van der Waals surface area contributed by atoms with E-state index in [1.165, 1.54) is 0 Å². The maximum Gasteiger partial charge on any atom is 0.410 e. The van der Waals surface area contributed by atoms with E-state index in [1.807, 2.05) is 59.0 Å². The third kappa shape index (κ3) is 7.66. The maximum absolute atomic E-state index is 13.8. The zero-order valence-corrected chi connectivity index (χ0v) is 26.3. The quantitative estimate of drug-likeness (QED) is 0.300. The van der Waals surface area contributed by atoms with Crippen LogP contribution in [-0.4, -0.2) is 100 Å². The summed E-state index contributed by atoms with van der Waals surface area (Å²) < 4.78 is 8.87. The number of benzene rings is 2. The number of nitrogens with zero attached hydrogens (tertiary/aromatic N) is 8. The van der Waals surface area contributed by atoms with E-state index in [4.69, 9.17) is 4.74 Å². The summed E-state index contributed by atoms with van der Waals surface area (Å²) in [7, 11) is 0. The zero-order chi connectivity index (χ0) is 32.3. The second-order valence-electron chi connectivity index (χ2n) is 12.5. The molecule has 0 saturated carbocycles. The fourth-order valence-electron chi connectivity index (χ4n) is 5.05. The van der Waals surface area contributed by atoms with Crippen LogP contribution in [0.25, 0.3) is 22.5 Å². The van der Waals surface area contributed by atoms with Gasteiger partial charge in [-0.15, -0.1) is 10.2 Å². The largest absolute Gasteiger partial charge is 0.508 e. The predicted octanol–water partition coefficient (Wildman–Crippen LogP) is 3.96. The molecule has 2 amide bonds. The molecule has 45 heavy (non-hydrogen) atoms. The first-order valence-corrected chi connectivity index (χ1v) is 15.1. The Labute approximate surface area is 262 Å². The Hall–Kier alpha value is -4.78. The maximum atomic E-state index is 13.8. The number of amides is 2. The molecule has 1 fully saturated rings. The summed E-state index contributed by atoms with van der Waals surface area (Å²) in [5.41, 5.74) is 3.41. The third-order valence-corrected chi connectivity index (χ3v) is 7.65. The molecule has 1 aliphatic heterocycles. The fraction of sp³-hybridized carbons (Fsp3) is 0.438. The minimum Gasteiger partial charge on any atom is -0.508 e. The normalized spacial score (nSPS) is 15.2. The molecule has 3 heterocycles. The van der Waals surface area contributed by atoms with Crippen molar-refractivity contribution >= 4 is 12.0 Å². The van der Waals surface area contributed by atoms with Crippen molar-refractivity contribution in [3.8, 4) is 28.3 Å². The highest BCUT2D eigenvalue weighted by Gasteiger charge is 2.29. The summed E-state index contributed by atoms with van der Waals surface area (Å²) in [6, 6.07) is 12.3. The molecule has 2 N–H and O–H groups in total. The Morgan fingerprint density at radius 2 is 1.38 bits per heavy atom. The van der Waals surface area contributed by atoms with Crippen molar-refractivity contribution < 1.29 is 24.5 Å². The van der Waals surface area contributed by atoms with Crippen LogP contribution >= 0.6 is 0 Å². The molecular formula is C32H40N8O5. The molecule has 5 rings (SSSR count). The van der Waals surface area contributed by atoms with Crippen molar-refractivity contribution in [3.05, 3.63) is 66.0 Å². The molecule has 0 aliphatic carbocycles. The first-order valence-electron chi connectivity index (χ1n) is 15.1. The van der Waals surface area contributed by atoms with Gasteiger partial charge in [0.2, 0.25) is 0 Å². The number of hydrogen-bond acceptors (Lipinski definition) is 9. The highest BCUT2D eigenvalue weighted by atomic mass is 16.6. The number of phenols is 1. The van der Waals surface area contributed by atoms with Gasteiger partial charge in [-0.2, -0.15) is 0 Å². The molecule has 0 radical (unpaired) electrons. The van der Waals surface area contributed by atoms with Gasteiger partial charge in [-0.25, -0.2) is 14.2 Å². The predicted molar refractivity (Wildman–Crippen MR) is 167 cm³/mol. The van der Waals surface area contributed by atoms with E-state index < -0.39 is 5.60 Å². The summed E-state index contributed by atoms with van der Waals surface area (Å²) in [5, 5.41) is 36.5. The number of rotatable bonds is 8. The summed E-state index contributed by atoms with van der Waals surface area (Å²) in [6.45, 7) is 10.7. The lowest BCUT2D eigenvalue weighted by molar-refractivity contribution is 0.0141. The number of ether oxygens (including phenoxy) is 1. The number of piperazine rings is 1. The molecule has 238 valence electrons. The van der Waals surface area contributed by atoms with E-state index in [9.17, 15) is 19.8 Å². The average molecular weight is 617 g/mol. The average Bonchev–Trinajstić information content (AvgIpc) is 3.72. The van der Waals surface area contributed by atoms with Gasteiger partial charge in [0.1, 0.15) is 22.7 Å². The molecule has 0 spiro atoms. The lowest BCUT2D eigenvalue weighted by Crippen LogP contribution is -2.51. The Balaban J connectivity index is 1.40. The number of aliphatic hydroxyl groups is 1. The minimum atomic E-state index is -0.594. The van der Waals surface area contributed by atoms with Crippen molar-refractivity contribution in [2.45, 2.75) is 58.7 Å². The van der Waals surface area contributed by atoms with E-state index in [2.05, 4.69) is 20.6 Å². The monoisotopic (exact) mass is 616 g/mol. The smallest absolute Gasteiger partial charge is 0.410 e. The van der Waals surface area contributed by atoms with Gasteiger partial charge in [-0.1, -0.05) is 22.6 Å². The fourth-order valence-corrected chi connectivity index (χ4v) is 5.05.